The number of nitrogens with zero attached hydrogens (tertiary/aromatic N) is 1. The molecule has 1 amide bonds. The summed E-state index contributed by atoms with van der Waals surface area (Å²) >= 11 is 6.03. The molecule has 2 rings (SSSR count). The monoisotopic (exact) mass is 506 g/mol. The topological polar surface area (TPSA) is 88.7 Å². The largest absolute Gasteiger partial charge is 0.495 e. The van der Waals surface area contributed by atoms with Crippen LogP contribution in [0, 0.1) is 5.82 Å². The molecule has 0 heterocycles. The van der Waals surface area contributed by atoms with Crippen molar-refractivity contribution in [2.24, 2.45) is 10.7 Å². The van der Waals surface area contributed by atoms with Crippen molar-refractivity contribution in [2.45, 2.75) is 6.42 Å². The molecular weight excluding hydrogens is 486 g/mol. The molecule has 0 aliphatic heterocycles. The van der Waals surface area contributed by atoms with Crippen LogP contribution < -0.4 is 21.1 Å². The molecule has 6 nitrogen and oxygen atoms in total. The zero-order chi connectivity index (χ0) is 18.9. The summed E-state index contributed by atoms with van der Waals surface area (Å²) in [6.07, 6.45) is 0.111. The average molecular weight is 507 g/mol. The smallest absolute Gasteiger partial charge is 0.224 e. The number of anilines is 1. The van der Waals surface area contributed by atoms with Crippen LogP contribution in [0.15, 0.2) is 47.5 Å². The number of aliphatic imine (C=N–C) groups is 1. The Morgan fingerprint density at radius 1 is 1.30 bits per heavy atom. The molecule has 4 N–H and O–H groups in total. The van der Waals surface area contributed by atoms with Crippen LogP contribution in [0.1, 0.15) is 5.56 Å². The van der Waals surface area contributed by atoms with Crippen molar-refractivity contribution >= 4 is 53.1 Å². The van der Waals surface area contributed by atoms with E-state index < -0.39 is 0 Å². The summed E-state index contributed by atoms with van der Waals surface area (Å²) in [4.78, 5) is 15.9. The maximum atomic E-state index is 13.1. The van der Waals surface area contributed by atoms with Crippen LogP contribution in [0.25, 0.3) is 0 Å². The standard InChI is InChI=1S/C18H20ClFN4O2.HI/c1-26-16-6-5-14(11-15(16)19)24-18(21)23-8-7-22-17(25)10-12-3-2-4-13(20)9-12;/h2-6,9,11H,7-8,10H2,1H3,(H,22,25)(H3,21,23,24);1H. The summed E-state index contributed by atoms with van der Waals surface area (Å²) in [5.41, 5.74) is 7.08. The molecule has 0 radical (unpaired) electrons. The first-order valence-electron chi connectivity index (χ1n) is 7.89. The number of rotatable bonds is 7. The number of hydrogen-bond donors (Lipinski definition) is 3. The van der Waals surface area contributed by atoms with Crippen molar-refractivity contribution in [2.75, 3.05) is 25.5 Å². The fourth-order valence-corrected chi connectivity index (χ4v) is 2.46. The highest BCUT2D eigenvalue weighted by atomic mass is 127. The quantitative estimate of drug-likeness (QED) is 0.233. The van der Waals surface area contributed by atoms with Gasteiger partial charge in [0.25, 0.3) is 0 Å². The summed E-state index contributed by atoms with van der Waals surface area (Å²) in [5.74, 6) is 0.191. The molecule has 0 spiro atoms. The Morgan fingerprint density at radius 3 is 2.74 bits per heavy atom. The number of carbonyl (C=O) groups excluding carboxylic acids is 1. The minimum atomic E-state index is -0.364. The number of carbonyl (C=O) groups is 1. The van der Waals surface area contributed by atoms with Gasteiger partial charge < -0.3 is 21.1 Å². The molecular formula is C18H21ClFIN4O2. The summed E-state index contributed by atoms with van der Waals surface area (Å²) < 4.78 is 18.1. The number of ether oxygens (including phenoxy) is 1. The zero-order valence-corrected chi connectivity index (χ0v) is 17.8. The molecule has 0 aliphatic carbocycles. The number of benzene rings is 2. The van der Waals surface area contributed by atoms with Crippen molar-refractivity contribution in [3.63, 3.8) is 0 Å². The normalized spacial score (nSPS) is 10.7. The molecule has 9 heteroatoms. The second-order valence-electron chi connectivity index (χ2n) is 5.40. The Bertz CT molecular complexity index is 805. The molecule has 146 valence electrons. The van der Waals surface area contributed by atoms with E-state index in [1.54, 1.807) is 30.3 Å². The van der Waals surface area contributed by atoms with Gasteiger partial charge in [-0.1, -0.05) is 23.7 Å². The van der Waals surface area contributed by atoms with Gasteiger partial charge in [-0.3, -0.25) is 9.79 Å². The van der Waals surface area contributed by atoms with Gasteiger partial charge in [0.1, 0.15) is 11.6 Å². The van der Waals surface area contributed by atoms with Gasteiger partial charge in [-0.15, -0.1) is 24.0 Å². The highest BCUT2D eigenvalue weighted by Crippen LogP contribution is 2.26. The van der Waals surface area contributed by atoms with Crippen molar-refractivity contribution in [3.8, 4) is 5.75 Å². The van der Waals surface area contributed by atoms with Gasteiger partial charge in [0.2, 0.25) is 5.91 Å². The molecule has 0 saturated heterocycles. The Hall–Kier alpha value is -2.07. The van der Waals surface area contributed by atoms with E-state index in [1.807, 2.05) is 0 Å². The Balaban J connectivity index is 0.00000364. The first-order valence-corrected chi connectivity index (χ1v) is 8.27. The number of hydrogen-bond acceptors (Lipinski definition) is 3. The predicted octanol–water partition coefficient (Wildman–Crippen LogP) is 3.19. The maximum Gasteiger partial charge on any atom is 0.224 e. The van der Waals surface area contributed by atoms with Gasteiger partial charge in [0, 0.05) is 12.2 Å². The number of nitrogens with two attached hydrogens (primary N) is 1. The minimum Gasteiger partial charge on any atom is -0.495 e. The fourth-order valence-electron chi connectivity index (χ4n) is 2.20. The third kappa shape index (κ3) is 8.00. The highest BCUT2D eigenvalue weighted by Gasteiger charge is 2.04. The van der Waals surface area contributed by atoms with E-state index in [9.17, 15) is 9.18 Å². The van der Waals surface area contributed by atoms with Gasteiger partial charge in [-0.2, -0.15) is 0 Å². The van der Waals surface area contributed by atoms with Crippen molar-refractivity contribution in [1.29, 1.82) is 0 Å². The van der Waals surface area contributed by atoms with E-state index in [4.69, 9.17) is 22.1 Å². The Labute approximate surface area is 179 Å². The van der Waals surface area contributed by atoms with E-state index in [1.165, 1.54) is 19.2 Å². The van der Waals surface area contributed by atoms with Gasteiger partial charge in [-0.05, 0) is 35.9 Å². The first-order chi connectivity index (χ1) is 12.5. The Morgan fingerprint density at radius 2 is 2.07 bits per heavy atom. The molecule has 0 fully saturated rings. The summed E-state index contributed by atoms with van der Waals surface area (Å²) in [7, 11) is 1.53. The Kier molecular flexibility index (Phi) is 9.87. The van der Waals surface area contributed by atoms with E-state index in [0.29, 0.717) is 35.1 Å². The third-order valence-electron chi connectivity index (χ3n) is 3.39. The second kappa shape index (κ2) is 11.6. The van der Waals surface area contributed by atoms with E-state index in [2.05, 4.69) is 15.6 Å². The molecule has 0 saturated carbocycles. The summed E-state index contributed by atoms with van der Waals surface area (Å²) in [5, 5.41) is 6.06. The van der Waals surface area contributed by atoms with E-state index in [0.717, 1.165) is 0 Å². The lowest BCUT2D eigenvalue weighted by atomic mass is 10.1. The SMILES string of the molecule is COc1ccc(NC(N)=NCCNC(=O)Cc2cccc(F)c2)cc1Cl.I. The number of halogens is 3. The lowest BCUT2D eigenvalue weighted by Gasteiger charge is -2.08. The third-order valence-corrected chi connectivity index (χ3v) is 3.69. The molecule has 0 aromatic heterocycles. The number of guanidine groups is 1. The van der Waals surface area contributed by atoms with Gasteiger partial charge >= 0.3 is 0 Å². The van der Waals surface area contributed by atoms with Crippen LogP contribution >= 0.6 is 35.6 Å². The maximum absolute atomic E-state index is 13.1. The zero-order valence-electron chi connectivity index (χ0n) is 14.7. The highest BCUT2D eigenvalue weighted by molar-refractivity contribution is 14.0. The average Bonchev–Trinajstić information content (AvgIpc) is 2.59. The van der Waals surface area contributed by atoms with E-state index >= 15 is 0 Å². The van der Waals surface area contributed by atoms with Crippen molar-refractivity contribution < 1.29 is 13.9 Å². The van der Waals surface area contributed by atoms with Crippen LogP contribution in [0.5, 0.6) is 5.75 Å². The lowest BCUT2D eigenvalue weighted by molar-refractivity contribution is -0.120. The molecule has 0 unspecified atom stereocenters. The molecule has 0 atom stereocenters. The molecule has 0 bridgehead atoms. The van der Waals surface area contributed by atoms with Crippen molar-refractivity contribution in [3.05, 3.63) is 58.9 Å². The summed E-state index contributed by atoms with van der Waals surface area (Å²) in [6.45, 7) is 0.623. The summed E-state index contributed by atoms with van der Waals surface area (Å²) in [6, 6.07) is 11.1. The van der Waals surface area contributed by atoms with Gasteiger partial charge in [0.05, 0.1) is 25.1 Å². The van der Waals surface area contributed by atoms with Crippen LogP contribution in [0.2, 0.25) is 5.02 Å². The number of amides is 1. The molecule has 0 aliphatic rings. The minimum absolute atomic E-state index is 0. The lowest BCUT2D eigenvalue weighted by Crippen LogP contribution is -2.29. The molecule has 27 heavy (non-hydrogen) atoms. The number of methoxy groups -OCH3 is 1. The van der Waals surface area contributed by atoms with Crippen LogP contribution in [0.3, 0.4) is 0 Å². The van der Waals surface area contributed by atoms with E-state index in [-0.39, 0.29) is 48.1 Å². The first kappa shape index (κ1) is 23.0. The van der Waals surface area contributed by atoms with Crippen LogP contribution in [0.4, 0.5) is 10.1 Å². The van der Waals surface area contributed by atoms with Crippen LogP contribution in [-0.2, 0) is 11.2 Å². The van der Waals surface area contributed by atoms with Gasteiger partial charge in [0.15, 0.2) is 5.96 Å². The van der Waals surface area contributed by atoms with Gasteiger partial charge in [-0.25, -0.2) is 4.39 Å². The predicted molar refractivity (Wildman–Crippen MR) is 117 cm³/mol. The fraction of sp³-hybridized carbons (Fsp3) is 0.222. The number of nitrogens with one attached hydrogen (secondary N) is 2. The molecule has 2 aromatic rings. The van der Waals surface area contributed by atoms with Crippen LogP contribution in [-0.4, -0.2) is 32.1 Å². The molecule has 2 aromatic carbocycles. The van der Waals surface area contributed by atoms with Crippen molar-refractivity contribution in [1.82, 2.24) is 5.32 Å². The second-order valence-corrected chi connectivity index (χ2v) is 5.81.